The van der Waals surface area contributed by atoms with E-state index in [1.807, 2.05) is 6.07 Å². The number of hydrogen-bond donors (Lipinski definition) is 2. The van der Waals surface area contributed by atoms with E-state index in [0.717, 1.165) is 41.2 Å². The fourth-order valence-corrected chi connectivity index (χ4v) is 6.41. The number of carboxylic acids is 1. The molecule has 2 heterocycles. The van der Waals surface area contributed by atoms with E-state index in [1.165, 1.54) is 23.2 Å². The molecule has 0 aliphatic carbocycles. The van der Waals surface area contributed by atoms with E-state index in [9.17, 15) is 32.7 Å². The number of carbonyl (C=O) groups excluding carboxylic acids is 2. The molecule has 2 amide bonds. The first-order valence-corrected chi connectivity index (χ1v) is 11.7. The van der Waals surface area contributed by atoms with Crippen molar-refractivity contribution in [2.45, 2.75) is 33.7 Å². The average molecular weight is 511 g/mol. The van der Waals surface area contributed by atoms with Gasteiger partial charge in [-0.25, -0.2) is 4.79 Å². The Morgan fingerprint density at radius 1 is 1.15 bits per heavy atom. The molecule has 34 heavy (non-hydrogen) atoms. The first kappa shape index (κ1) is 24.0. The summed E-state index contributed by atoms with van der Waals surface area (Å²) in [4.78, 5) is 38.3. The Kier molecular flexibility index (Phi) is 6.80. The number of nitrogens with zero attached hydrogens (tertiary/aromatic N) is 1. The number of halogens is 3. The van der Waals surface area contributed by atoms with Gasteiger partial charge in [-0.05, 0) is 23.8 Å². The molecule has 0 saturated carbocycles. The predicted molar refractivity (Wildman–Crippen MR) is 119 cm³/mol. The lowest BCUT2D eigenvalue weighted by atomic mass is 10.1. The van der Waals surface area contributed by atoms with Crippen LogP contribution in [0, 0.1) is 0 Å². The number of rotatable bonds is 7. The van der Waals surface area contributed by atoms with E-state index in [0.29, 0.717) is 4.90 Å². The highest BCUT2D eigenvalue weighted by atomic mass is 32.2. The standard InChI is InChI=1S/C22H17F3N2O5S2/c23-22(24,25)32-13-7-4-8-14(10-13)33-21-15(20(30)31)11-27-18(29)17(19(27)34-21)26-16(28)9-12-5-2-1-3-6-12/h1-8,10-11,17,19,21H,9H2,(H,26,28)(H,30,31)/t17-,19-,21?/m1/s1. The summed E-state index contributed by atoms with van der Waals surface area (Å²) in [6, 6.07) is 13.4. The van der Waals surface area contributed by atoms with Crippen LogP contribution < -0.4 is 10.1 Å². The zero-order valence-corrected chi connectivity index (χ0v) is 18.8. The van der Waals surface area contributed by atoms with Gasteiger partial charge in [-0.1, -0.05) is 36.4 Å². The van der Waals surface area contributed by atoms with E-state index < -0.39 is 40.0 Å². The number of β-lactam (4-membered cyclic amide) rings is 1. The van der Waals surface area contributed by atoms with Gasteiger partial charge in [0.1, 0.15) is 17.2 Å². The van der Waals surface area contributed by atoms with Crippen LogP contribution in [0.4, 0.5) is 13.2 Å². The van der Waals surface area contributed by atoms with E-state index in [4.69, 9.17) is 0 Å². The number of hydrogen-bond acceptors (Lipinski definition) is 6. The second-order valence-corrected chi connectivity index (χ2v) is 10.0. The molecule has 2 aromatic rings. The third kappa shape index (κ3) is 5.50. The normalized spacial score (nSPS) is 21.7. The van der Waals surface area contributed by atoms with Crippen molar-refractivity contribution in [3.8, 4) is 5.75 Å². The maximum Gasteiger partial charge on any atom is 0.573 e. The first-order valence-electron chi connectivity index (χ1n) is 9.89. The van der Waals surface area contributed by atoms with Gasteiger partial charge in [-0.2, -0.15) is 0 Å². The lowest BCUT2D eigenvalue weighted by Gasteiger charge is -2.48. The van der Waals surface area contributed by atoms with Crippen molar-refractivity contribution in [2.75, 3.05) is 0 Å². The highest BCUT2D eigenvalue weighted by molar-refractivity contribution is 8.17. The third-order valence-electron chi connectivity index (χ3n) is 4.93. The maximum absolute atomic E-state index is 12.5. The molecule has 2 aliphatic heterocycles. The molecule has 0 radical (unpaired) electrons. The van der Waals surface area contributed by atoms with Gasteiger partial charge in [-0.3, -0.25) is 9.59 Å². The van der Waals surface area contributed by atoms with Crippen molar-refractivity contribution in [3.63, 3.8) is 0 Å². The number of fused-ring (bicyclic) bond motifs is 1. The molecule has 7 nitrogen and oxygen atoms in total. The average Bonchev–Trinajstić information content (AvgIpc) is 2.76. The maximum atomic E-state index is 12.5. The first-order chi connectivity index (χ1) is 16.1. The van der Waals surface area contributed by atoms with Crippen molar-refractivity contribution < 1.29 is 37.4 Å². The number of ether oxygens (including phenoxy) is 1. The van der Waals surface area contributed by atoms with Crippen LogP contribution in [0.1, 0.15) is 5.56 Å². The molecule has 2 N–H and O–H groups in total. The minimum atomic E-state index is -4.85. The number of amides is 2. The lowest BCUT2D eigenvalue weighted by molar-refractivity contribution is -0.274. The number of aliphatic carboxylic acids is 1. The van der Waals surface area contributed by atoms with Crippen molar-refractivity contribution in [1.29, 1.82) is 0 Å². The molecule has 2 aromatic carbocycles. The molecule has 0 aromatic heterocycles. The zero-order chi connectivity index (χ0) is 24.5. The Hall–Kier alpha value is -3.12. The fourth-order valence-electron chi connectivity index (χ4n) is 3.43. The molecule has 12 heteroatoms. The smallest absolute Gasteiger partial charge is 0.478 e. The Morgan fingerprint density at radius 2 is 1.88 bits per heavy atom. The van der Waals surface area contributed by atoms with Crippen LogP contribution in [0.5, 0.6) is 5.75 Å². The molecule has 4 rings (SSSR count). The van der Waals surface area contributed by atoms with Gasteiger partial charge in [-0.15, -0.1) is 36.7 Å². The second kappa shape index (κ2) is 9.63. The molecular formula is C22H17F3N2O5S2. The van der Waals surface area contributed by atoms with Gasteiger partial charge in [0.15, 0.2) is 0 Å². The minimum Gasteiger partial charge on any atom is -0.478 e. The third-order valence-corrected chi connectivity index (χ3v) is 7.82. The minimum absolute atomic E-state index is 0.0857. The number of carboxylic acid groups (broad SMARTS) is 1. The molecule has 1 fully saturated rings. The van der Waals surface area contributed by atoms with Gasteiger partial charge in [0.25, 0.3) is 5.91 Å². The summed E-state index contributed by atoms with van der Waals surface area (Å²) in [7, 11) is 0. The van der Waals surface area contributed by atoms with Gasteiger partial charge in [0.05, 0.1) is 16.6 Å². The van der Waals surface area contributed by atoms with Gasteiger partial charge in [0, 0.05) is 11.1 Å². The summed E-state index contributed by atoms with van der Waals surface area (Å²) >= 11 is 2.15. The largest absolute Gasteiger partial charge is 0.573 e. The van der Waals surface area contributed by atoms with Crippen LogP contribution in [0.25, 0.3) is 0 Å². The zero-order valence-electron chi connectivity index (χ0n) is 17.2. The topological polar surface area (TPSA) is 95.9 Å². The summed E-state index contributed by atoms with van der Waals surface area (Å²) in [6.07, 6.45) is -3.55. The number of carbonyl (C=O) groups is 3. The molecule has 3 atom stereocenters. The second-order valence-electron chi connectivity index (χ2n) is 7.34. The summed E-state index contributed by atoms with van der Waals surface area (Å²) < 4.78 is 40.8. The molecule has 1 saturated heterocycles. The summed E-state index contributed by atoms with van der Waals surface area (Å²) in [6.45, 7) is 0. The van der Waals surface area contributed by atoms with Crippen LogP contribution in [-0.2, 0) is 20.8 Å². The molecule has 2 aliphatic rings. The van der Waals surface area contributed by atoms with E-state index in [-0.39, 0.29) is 17.9 Å². The van der Waals surface area contributed by atoms with Crippen molar-refractivity contribution in [3.05, 3.63) is 71.9 Å². The molecule has 0 spiro atoms. The molecule has 1 unspecified atom stereocenters. The van der Waals surface area contributed by atoms with Crippen LogP contribution in [-0.4, -0.2) is 50.2 Å². The number of alkyl halides is 3. The van der Waals surface area contributed by atoms with E-state index in [2.05, 4.69) is 10.1 Å². The van der Waals surface area contributed by atoms with Crippen LogP contribution in [0.2, 0.25) is 0 Å². The lowest BCUT2D eigenvalue weighted by Crippen LogP contribution is -2.69. The fraction of sp³-hybridized carbons (Fsp3) is 0.227. The number of thioether (sulfide) groups is 2. The molecular weight excluding hydrogens is 493 g/mol. The van der Waals surface area contributed by atoms with Crippen LogP contribution >= 0.6 is 23.5 Å². The summed E-state index contributed by atoms with van der Waals surface area (Å²) in [5.74, 6) is -2.46. The Morgan fingerprint density at radius 3 is 2.56 bits per heavy atom. The predicted octanol–water partition coefficient (Wildman–Crippen LogP) is 3.61. The number of nitrogens with one attached hydrogen (secondary N) is 1. The highest BCUT2D eigenvalue weighted by Gasteiger charge is 2.52. The van der Waals surface area contributed by atoms with Gasteiger partial charge in [0.2, 0.25) is 5.91 Å². The summed E-state index contributed by atoms with van der Waals surface area (Å²) in [5, 5.41) is 11.8. The molecule has 178 valence electrons. The summed E-state index contributed by atoms with van der Waals surface area (Å²) in [5.41, 5.74) is 0.693. The van der Waals surface area contributed by atoms with Gasteiger partial charge >= 0.3 is 12.3 Å². The number of benzene rings is 2. The Labute approximate surface area is 200 Å². The van der Waals surface area contributed by atoms with E-state index >= 15 is 0 Å². The van der Waals surface area contributed by atoms with Crippen molar-refractivity contribution in [1.82, 2.24) is 10.2 Å². The molecule has 0 bridgehead atoms. The van der Waals surface area contributed by atoms with Gasteiger partial charge < -0.3 is 20.1 Å². The Balaban J connectivity index is 1.47. The van der Waals surface area contributed by atoms with Crippen molar-refractivity contribution in [2.24, 2.45) is 0 Å². The van der Waals surface area contributed by atoms with E-state index in [1.54, 1.807) is 24.3 Å². The quantitative estimate of drug-likeness (QED) is 0.550. The van der Waals surface area contributed by atoms with Crippen LogP contribution in [0.3, 0.4) is 0 Å². The highest BCUT2D eigenvalue weighted by Crippen LogP contribution is 2.47. The SMILES string of the molecule is O=C(Cc1ccccc1)N[C@@H]1C(=O)N2C=C(C(=O)O)C(Sc3cccc(OC(F)(F)F)c3)S[C@H]12. The monoisotopic (exact) mass is 510 g/mol. The van der Waals surface area contributed by atoms with Crippen LogP contribution in [0.15, 0.2) is 71.3 Å². The Bertz CT molecular complexity index is 1140. The van der Waals surface area contributed by atoms with Crippen molar-refractivity contribution >= 4 is 41.3 Å².